The van der Waals surface area contributed by atoms with Crippen LogP contribution in [0.1, 0.15) is 40.9 Å². The molecular weight excluding hydrogens is 305 g/mol. The molecule has 0 aliphatic rings. The zero-order valence-electron chi connectivity index (χ0n) is 14.0. The van der Waals surface area contributed by atoms with Crippen molar-refractivity contribution < 1.29 is 9.18 Å². The van der Waals surface area contributed by atoms with Crippen LogP contribution in [0.5, 0.6) is 0 Å². The number of hydrogen-bond donors (Lipinski definition) is 2. The molecule has 0 unspecified atom stereocenters. The third-order valence-electron chi connectivity index (χ3n) is 3.54. The number of halogens is 1. The molecular formula is C19H20FN3O. The van der Waals surface area contributed by atoms with Crippen LogP contribution in [-0.2, 0) is 6.54 Å². The summed E-state index contributed by atoms with van der Waals surface area (Å²) in [6.07, 6.45) is 0. The van der Waals surface area contributed by atoms with Gasteiger partial charge >= 0.3 is 0 Å². The van der Waals surface area contributed by atoms with Gasteiger partial charge in [0.25, 0.3) is 5.91 Å². The number of hydrogen-bond acceptors (Lipinski definition) is 3. The molecule has 0 spiro atoms. The Labute approximate surface area is 141 Å². The van der Waals surface area contributed by atoms with Gasteiger partial charge in [0, 0.05) is 23.8 Å². The van der Waals surface area contributed by atoms with Gasteiger partial charge in [0.2, 0.25) is 0 Å². The Morgan fingerprint density at radius 2 is 2.00 bits per heavy atom. The second-order valence-electron chi connectivity index (χ2n) is 5.94. The molecule has 4 nitrogen and oxygen atoms in total. The van der Waals surface area contributed by atoms with Crippen LogP contribution in [0, 0.1) is 24.1 Å². The highest BCUT2D eigenvalue weighted by Crippen LogP contribution is 2.17. The highest BCUT2D eigenvalue weighted by Gasteiger charge is 2.10. The molecule has 24 heavy (non-hydrogen) atoms. The molecule has 0 atom stereocenters. The number of nitrogens with one attached hydrogen (secondary N) is 2. The van der Waals surface area contributed by atoms with E-state index in [1.165, 1.54) is 12.1 Å². The predicted molar refractivity (Wildman–Crippen MR) is 92.2 cm³/mol. The predicted octanol–water partition coefficient (Wildman–Crippen LogP) is 3.76. The molecule has 0 aliphatic carbocycles. The summed E-state index contributed by atoms with van der Waals surface area (Å²) in [6.45, 7) is 6.18. The quantitative estimate of drug-likeness (QED) is 0.880. The van der Waals surface area contributed by atoms with E-state index in [0.717, 1.165) is 16.8 Å². The Morgan fingerprint density at radius 3 is 2.62 bits per heavy atom. The number of carbonyl (C=O) groups excluding carboxylic acids is 1. The van der Waals surface area contributed by atoms with Crippen molar-refractivity contribution in [1.29, 1.82) is 5.26 Å². The molecule has 124 valence electrons. The van der Waals surface area contributed by atoms with Crippen LogP contribution in [0.3, 0.4) is 0 Å². The van der Waals surface area contributed by atoms with Crippen molar-refractivity contribution in [3.8, 4) is 6.07 Å². The van der Waals surface area contributed by atoms with Crippen molar-refractivity contribution in [2.24, 2.45) is 0 Å². The van der Waals surface area contributed by atoms with Crippen molar-refractivity contribution >= 4 is 11.6 Å². The number of rotatable bonds is 5. The molecule has 0 bridgehead atoms. The third-order valence-corrected chi connectivity index (χ3v) is 3.54. The fourth-order valence-corrected chi connectivity index (χ4v) is 2.34. The van der Waals surface area contributed by atoms with Gasteiger partial charge in [-0.05, 0) is 62.2 Å². The SMILES string of the molecule is Cc1cc(NCc2ccc(F)c(C#N)c2)ccc1C(=O)NC(C)C. The van der Waals surface area contributed by atoms with Crippen LogP contribution in [0.2, 0.25) is 0 Å². The summed E-state index contributed by atoms with van der Waals surface area (Å²) >= 11 is 0. The second-order valence-corrected chi connectivity index (χ2v) is 5.94. The Hall–Kier alpha value is -2.87. The average molecular weight is 325 g/mol. The number of benzene rings is 2. The van der Waals surface area contributed by atoms with Crippen LogP contribution in [0.4, 0.5) is 10.1 Å². The lowest BCUT2D eigenvalue weighted by Gasteiger charge is -2.13. The lowest BCUT2D eigenvalue weighted by molar-refractivity contribution is 0.0942. The van der Waals surface area contributed by atoms with E-state index in [2.05, 4.69) is 10.6 Å². The van der Waals surface area contributed by atoms with Gasteiger partial charge in [0.15, 0.2) is 0 Å². The Kier molecular flexibility index (Phi) is 5.54. The first kappa shape index (κ1) is 17.5. The minimum atomic E-state index is -0.516. The maximum absolute atomic E-state index is 13.3. The van der Waals surface area contributed by atoms with Gasteiger partial charge < -0.3 is 10.6 Å². The van der Waals surface area contributed by atoms with Crippen LogP contribution in [0.25, 0.3) is 0 Å². The highest BCUT2D eigenvalue weighted by atomic mass is 19.1. The Balaban J connectivity index is 2.08. The molecule has 0 saturated heterocycles. The molecule has 0 fully saturated rings. The number of anilines is 1. The summed E-state index contributed by atoms with van der Waals surface area (Å²) < 4.78 is 13.3. The zero-order chi connectivity index (χ0) is 17.7. The first-order chi connectivity index (χ1) is 11.4. The third kappa shape index (κ3) is 4.32. The van der Waals surface area contributed by atoms with Crippen molar-refractivity contribution in [2.75, 3.05) is 5.32 Å². The standard InChI is InChI=1S/C19H20FN3O/c1-12(2)23-19(24)17-6-5-16(8-13(17)3)22-11-14-4-7-18(20)15(9-14)10-21/h4-9,12,22H,11H2,1-3H3,(H,23,24). The summed E-state index contributed by atoms with van der Waals surface area (Å²) in [5, 5.41) is 14.9. The highest BCUT2D eigenvalue weighted by molar-refractivity contribution is 5.96. The first-order valence-electron chi connectivity index (χ1n) is 7.74. The van der Waals surface area contributed by atoms with E-state index < -0.39 is 5.82 Å². The summed E-state index contributed by atoms with van der Waals surface area (Å²) in [4.78, 5) is 12.1. The maximum atomic E-state index is 13.3. The van der Waals surface area contributed by atoms with E-state index in [4.69, 9.17) is 5.26 Å². The lowest BCUT2D eigenvalue weighted by Crippen LogP contribution is -2.30. The molecule has 5 heteroatoms. The molecule has 1 amide bonds. The van der Waals surface area contributed by atoms with Gasteiger partial charge in [-0.1, -0.05) is 6.07 Å². The minimum Gasteiger partial charge on any atom is -0.381 e. The molecule has 2 aromatic carbocycles. The van der Waals surface area contributed by atoms with Crippen molar-refractivity contribution in [3.05, 3.63) is 64.5 Å². The molecule has 2 rings (SSSR count). The Morgan fingerprint density at radius 1 is 1.25 bits per heavy atom. The van der Waals surface area contributed by atoms with Gasteiger partial charge in [0.05, 0.1) is 5.56 Å². The van der Waals surface area contributed by atoms with E-state index in [-0.39, 0.29) is 17.5 Å². The molecule has 0 aromatic heterocycles. The molecule has 0 heterocycles. The molecule has 0 saturated carbocycles. The minimum absolute atomic E-state index is 0.0335. The largest absolute Gasteiger partial charge is 0.381 e. The normalized spacial score (nSPS) is 10.3. The average Bonchev–Trinajstić information content (AvgIpc) is 2.53. The van der Waals surface area contributed by atoms with Crippen LogP contribution in [0.15, 0.2) is 36.4 Å². The first-order valence-corrected chi connectivity index (χ1v) is 7.74. The van der Waals surface area contributed by atoms with Crippen LogP contribution >= 0.6 is 0 Å². The fourth-order valence-electron chi connectivity index (χ4n) is 2.34. The summed E-state index contributed by atoms with van der Waals surface area (Å²) in [5.74, 6) is -0.608. The number of aryl methyl sites for hydroxylation is 1. The number of nitrogens with zero attached hydrogens (tertiary/aromatic N) is 1. The van der Waals surface area contributed by atoms with Gasteiger partial charge in [-0.2, -0.15) is 5.26 Å². The van der Waals surface area contributed by atoms with Crippen LogP contribution in [-0.4, -0.2) is 11.9 Å². The van der Waals surface area contributed by atoms with Crippen molar-refractivity contribution in [1.82, 2.24) is 5.32 Å². The van der Waals surface area contributed by atoms with Crippen molar-refractivity contribution in [3.63, 3.8) is 0 Å². The van der Waals surface area contributed by atoms with E-state index in [9.17, 15) is 9.18 Å². The smallest absolute Gasteiger partial charge is 0.251 e. The van der Waals surface area contributed by atoms with E-state index in [1.54, 1.807) is 12.1 Å². The van der Waals surface area contributed by atoms with Gasteiger partial charge in [0.1, 0.15) is 11.9 Å². The zero-order valence-corrected chi connectivity index (χ0v) is 14.0. The molecule has 0 aliphatic heterocycles. The Bertz CT molecular complexity index is 794. The summed E-state index contributed by atoms with van der Waals surface area (Å²) in [7, 11) is 0. The van der Waals surface area contributed by atoms with E-state index in [0.29, 0.717) is 12.1 Å². The van der Waals surface area contributed by atoms with Gasteiger partial charge in [-0.25, -0.2) is 4.39 Å². The summed E-state index contributed by atoms with van der Waals surface area (Å²) in [6, 6.07) is 11.9. The lowest BCUT2D eigenvalue weighted by atomic mass is 10.1. The number of amides is 1. The molecule has 0 radical (unpaired) electrons. The van der Waals surface area contributed by atoms with Gasteiger partial charge in [-0.3, -0.25) is 4.79 Å². The summed E-state index contributed by atoms with van der Waals surface area (Å²) in [5.41, 5.74) is 3.22. The van der Waals surface area contributed by atoms with E-state index in [1.807, 2.05) is 39.0 Å². The monoisotopic (exact) mass is 325 g/mol. The van der Waals surface area contributed by atoms with E-state index >= 15 is 0 Å². The maximum Gasteiger partial charge on any atom is 0.251 e. The topological polar surface area (TPSA) is 64.9 Å². The second kappa shape index (κ2) is 7.60. The fraction of sp³-hybridized carbons (Fsp3) is 0.263. The van der Waals surface area contributed by atoms with Gasteiger partial charge in [-0.15, -0.1) is 0 Å². The molecule has 2 N–H and O–H groups in total. The number of carbonyl (C=O) groups is 1. The number of nitriles is 1. The molecule has 2 aromatic rings. The van der Waals surface area contributed by atoms with Crippen molar-refractivity contribution in [2.45, 2.75) is 33.4 Å². The van der Waals surface area contributed by atoms with Crippen LogP contribution < -0.4 is 10.6 Å².